The number of halogens is 4. The van der Waals surface area contributed by atoms with Crippen molar-refractivity contribution in [3.8, 4) is 6.07 Å². The topological polar surface area (TPSA) is 127 Å². The predicted octanol–water partition coefficient (Wildman–Crippen LogP) is 3.86. The highest BCUT2D eigenvalue weighted by atomic mass is 19.4. The number of rotatable bonds is 5. The van der Waals surface area contributed by atoms with Gasteiger partial charge in [0.15, 0.2) is 5.69 Å². The van der Waals surface area contributed by atoms with Crippen molar-refractivity contribution < 1.29 is 27.2 Å². The molecule has 0 aliphatic carbocycles. The van der Waals surface area contributed by atoms with Crippen LogP contribution in [0.25, 0.3) is 10.9 Å². The second-order valence-electron chi connectivity index (χ2n) is 7.43. The Balaban J connectivity index is 1.68. The number of benzene rings is 2. The van der Waals surface area contributed by atoms with Crippen molar-refractivity contribution in [1.29, 1.82) is 5.26 Å². The van der Waals surface area contributed by atoms with E-state index in [1.807, 2.05) is 6.07 Å². The number of hydrogen-bond acceptors (Lipinski definition) is 5. The number of hydrogen-bond donors (Lipinski definition) is 2. The summed E-state index contributed by atoms with van der Waals surface area (Å²) >= 11 is 0. The van der Waals surface area contributed by atoms with Crippen molar-refractivity contribution in [2.24, 2.45) is 5.73 Å². The van der Waals surface area contributed by atoms with Gasteiger partial charge in [0.25, 0.3) is 5.91 Å². The highest BCUT2D eigenvalue weighted by Gasteiger charge is 2.38. The van der Waals surface area contributed by atoms with Crippen LogP contribution in [-0.4, -0.2) is 26.6 Å². The summed E-state index contributed by atoms with van der Waals surface area (Å²) in [4.78, 5) is 28.6. The average Bonchev–Trinajstić information content (AvgIpc) is 3.21. The van der Waals surface area contributed by atoms with Gasteiger partial charge >= 0.3 is 6.18 Å². The molecule has 176 valence electrons. The number of pyridine rings is 1. The molecule has 0 radical (unpaired) electrons. The summed E-state index contributed by atoms with van der Waals surface area (Å²) in [5.74, 6) is -2.70. The van der Waals surface area contributed by atoms with Gasteiger partial charge in [0, 0.05) is 17.6 Å². The fraction of sp³-hybridized carbons (Fsp3) is 0.0870. The SMILES string of the molecule is N#Cc1ccc(Cn2cc(NC(=O)c3cc(C(N)=O)c4ccc(F)cc4n3)c(C(F)(F)F)n2)cc1. The number of amides is 2. The Hall–Kier alpha value is -4.79. The van der Waals surface area contributed by atoms with Crippen LogP contribution in [0.5, 0.6) is 0 Å². The van der Waals surface area contributed by atoms with Gasteiger partial charge in [0.1, 0.15) is 11.5 Å². The van der Waals surface area contributed by atoms with E-state index in [1.54, 1.807) is 12.1 Å². The zero-order valence-electron chi connectivity index (χ0n) is 17.6. The first-order chi connectivity index (χ1) is 16.5. The van der Waals surface area contributed by atoms with Gasteiger partial charge in [0.2, 0.25) is 5.91 Å². The molecule has 2 heterocycles. The molecule has 0 bridgehead atoms. The zero-order chi connectivity index (χ0) is 25.3. The van der Waals surface area contributed by atoms with Gasteiger partial charge in [-0.15, -0.1) is 0 Å². The van der Waals surface area contributed by atoms with Crippen molar-refractivity contribution in [2.45, 2.75) is 12.7 Å². The smallest absolute Gasteiger partial charge is 0.366 e. The summed E-state index contributed by atoms with van der Waals surface area (Å²) in [6.07, 6.45) is -3.90. The molecule has 4 aromatic rings. The van der Waals surface area contributed by atoms with Crippen LogP contribution in [0.4, 0.5) is 23.2 Å². The first-order valence-corrected chi connectivity index (χ1v) is 9.90. The van der Waals surface area contributed by atoms with Gasteiger partial charge < -0.3 is 11.1 Å². The quantitative estimate of drug-likeness (QED) is 0.418. The summed E-state index contributed by atoms with van der Waals surface area (Å²) in [6, 6.07) is 12.4. The number of nitrogens with one attached hydrogen (secondary N) is 1. The molecule has 3 N–H and O–H groups in total. The molecule has 4 rings (SSSR count). The molecule has 0 fully saturated rings. The molecule has 0 aliphatic heterocycles. The van der Waals surface area contributed by atoms with Crippen LogP contribution in [0.3, 0.4) is 0 Å². The molecule has 2 aromatic heterocycles. The van der Waals surface area contributed by atoms with Crippen LogP contribution in [0.1, 0.15) is 37.7 Å². The Morgan fingerprint density at radius 3 is 2.46 bits per heavy atom. The van der Waals surface area contributed by atoms with E-state index in [9.17, 15) is 27.2 Å². The number of fused-ring (bicyclic) bond motifs is 1. The standard InChI is InChI=1S/C23H14F4N6O2/c24-14-5-6-15-16(21(29)34)8-18(30-17(15)7-14)22(35)31-19-11-33(32-20(19)23(25,26)27)10-13-3-1-12(9-28)2-4-13/h1-8,11H,10H2,(H2,29,34)(H,31,35). The molecule has 35 heavy (non-hydrogen) atoms. The Morgan fingerprint density at radius 2 is 1.83 bits per heavy atom. The summed E-state index contributed by atoms with van der Waals surface area (Å²) < 4.78 is 55.4. The maximum atomic E-state index is 13.6. The Labute approximate surface area is 194 Å². The van der Waals surface area contributed by atoms with Gasteiger partial charge in [0.05, 0.1) is 34.9 Å². The van der Waals surface area contributed by atoms with Crippen molar-refractivity contribution in [2.75, 3.05) is 5.32 Å². The summed E-state index contributed by atoms with van der Waals surface area (Å²) in [7, 11) is 0. The maximum Gasteiger partial charge on any atom is 0.437 e. The molecular formula is C23H14F4N6O2. The number of nitrogens with two attached hydrogens (primary N) is 1. The zero-order valence-corrected chi connectivity index (χ0v) is 17.6. The number of anilines is 1. The van der Waals surface area contributed by atoms with E-state index < -0.39 is 40.9 Å². The minimum Gasteiger partial charge on any atom is -0.366 e. The second kappa shape index (κ2) is 8.86. The third kappa shape index (κ3) is 4.93. The van der Waals surface area contributed by atoms with E-state index >= 15 is 0 Å². The normalized spacial score (nSPS) is 11.3. The molecule has 2 aromatic carbocycles. The lowest BCUT2D eigenvalue weighted by Crippen LogP contribution is -2.19. The minimum absolute atomic E-state index is 0.0655. The molecule has 12 heteroatoms. The Bertz CT molecular complexity index is 1500. The number of nitrogens with zero attached hydrogens (tertiary/aromatic N) is 4. The highest BCUT2D eigenvalue weighted by Crippen LogP contribution is 2.34. The average molecular weight is 482 g/mol. The van der Waals surface area contributed by atoms with Crippen molar-refractivity contribution in [1.82, 2.24) is 14.8 Å². The fourth-order valence-corrected chi connectivity index (χ4v) is 3.38. The molecular weight excluding hydrogens is 468 g/mol. The first kappa shape index (κ1) is 23.4. The molecule has 0 aliphatic rings. The van der Waals surface area contributed by atoms with Crippen molar-refractivity contribution >= 4 is 28.4 Å². The number of carbonyl (C=O) groups is 2. The fourth-order valence-electron chi connectivity index (χ4n) is 3.38. The number of primary amides is 1. The first-order valence-electron chi connectivity index (χ1n) is 9.90. The largest absolute Gasteiger partial charge is 0.437 e. The van der Waals surface area contributed by atoms with E-state index in [1.165, 1.54) is 18.2 Å². The van der Waals surface area contributed by atoms with Crippen LogP contribution in [0, 0.1) is 17.1 Å². The van der Waals surface area contributed by atoms with Gasteiger partial charge in [-0.25, -0.2) is 9.37 Å². The Morgan fingerprint density at radius 1 is 1.11 bits per heavy atom. The minimum atomic E-state index is -4.89. The summed E-state index contributed by atoms with van der Waals surface area (Å²) in [6.45, 7) is -0.0655. The number of carbonyl (C=O) groups excluding carboxylic acids is 2. The van der Waals surface area contributed by atoms with E-state index in [2.05, 4.69) is 15.4 Å². The van der Waals surface area contributed by atoms with E-state index in [4.69, 9.17) is 11.0 Å². The molecule has 0 saturated carbocycles. The third-order valence-electron chi connectivity index (χ3n) is 4.98. The monoisotopic (exact) mass is 482 g/mol. The van der Waals surface area contributed by atoms with Crippen LogP contribution in [0.2, 0.25) is 0 Å². The summed E-state index contributed by atoms with van der Waals surface area (Å²) in [5, 5.41) is 14.7. The van der Waals surface area contributed by atoms with Gasteiger partial charge in [-0.1, -0.05) is 12.1 Å². The predicted molar refractivity (Wildman–Crippen MR) is 116 cm³/mol. The maximum absolute atomic E-state index is 13.6. The van der Waals surface area contributed by atoms with Crippen molar-refractivity contribution in [3.63, 3.8) is 0 Å². The summed E-state index contributed by atoms with van der Waals surface area (Å²) in [5.41, 5.74) is 3.66. The van der Waals surface area contributed by atoms with Gasteiger partial charge in [-0.2, -0.15) is 23.5 Å². The third-order valence-corrected chi connectivity index (χ3v) is 4.98. The molecule has 0 spiro atoms. The van der Waals surface area contributed by atoms with Crippen LogP contribution in [-0.2, 0) is 12.7 Å². The second-order valence-corrected chi connectivity index (χ2v) is 7.43. The van der Waals surface area contributed by atoms with Crippen LogP contribution >= 0.6 is 0 Å². The molecule has 2 amide bonds. The van der Waals surface area contributed by atoms with Gasteiger partial charge in [-0.3, -0.25) is 14.3 Å². The highest BCUT2D eigenvalue weighted by molar-refractivity contribution is 6.10. The number of aromatic nitrogens is 3. The van der Waals surface area contributed by atoms with E-state index in [-0.39, 0.29) is 23.0 Å². The molecule has 8 nitrogen and oxygen atoms in total. The number of alkyl halides is 3. The van der Waals surface area contributed by atoms with Crippen LogP contribution < -0.4 is 11.1 Å². The molecule has 0 unspecified atom stereocenters. The van der Waals surface area contributed by atoms with Crippen LogP contribution in [0.15, 0.2) is 54.7 Å². The van der Waals surface area contributed by atoms with Gasteiger partial charge in [-0.05, 0) is 35.9 Å². The van der Waals surface area contributed by atoms with Crippen molar-refractivity contribution in [3.05, 3.63) is 88.6 Å². The lowest BCUT2D eigenvalue weighted by molar-refractivity contribution is -0.140. The lowest BCUT2D eigenvalue weighted by atomic mass is 10.1. The van der Waals surface area contributed by atoms with E-state index in [0.29, 0.717) is 11.1 Å². The lowest BCUT2D eigenvalue weighted by Gasteiger charge is -2.09. The molecule has 0 atom stereocenters. The molecule has 0 saturated heterocycles. The van der Waals surface area contributed by atoms with E-state index in [0.717, 1.165) is 29.1 Å². The number of nitriles is 1. The Kier molecular flexibility index (Phi) is 5.92.